The van der Waals surface area contributed by atoms with Crippen LogP contribution in [0.3, 0.4) is 0 Å². The van der Waals surface area contributed by atoms with Gasteiger partial charge in [0, 0.05) is 0 Å². The summed E-state index contributed by atoms with van der Waals surface area (Å²) < 4.78 is 18.7. The lowest BCUT2D eigenvalue weighted by Gasteiger charge is -2.31. The number of hydrogen-bond acceptors (Lipinski definition) is 3. The second kappa shape index (κ2) is 6.64. The van der Waals surface area contributed by atoms with E-state index < -0.39 is 29.3 Å². The molecule has 1 aliphatic rings. The molecule has 2 aromatic carbocycles. The summed E-state index contributed by atoms with van der Waals surface area (Å²) in [5.41, 5.74) is 0.324. The fraction of sp³-hybridized carbons (Fsp3) is 0.263. The van der Waals surface area contributed by atoms with Crippen molar-refractivity contribution in [2.45, 2.75) is 25.0 Å². The third kappa shape index (κ3) is 3.25. The Kier molecular flexibility index (Phi) is 4.55. The van der Waals surface area contributed by atoms with Crippen molar-refractivity contribution in [2.75, 3.05) is 6.61 Å². The van der Waals surface area contributed by atoms with Gasteiger partial charge < -0.3 is 15.2 Å². The lowest BCUT2D eigenvalue weighted by Crippen LogP contribution is -2.51. The van der Waals surface area contributed by atoms with Crippen molar-refractivity contribution in [1.82, 2.24) is 5.32 Å². The van der Waals surface area contributed by atoms with Crippen LogP contribution >= 0.6 is 0 Å². The highest BCUT2D eigenvalue weighted by Gasteiger charge is 2.40. The van der Waals surface area contributed by atoms with Crippen LogP contribution in [0.25, 0.3) is 0 Å². The minimum absolute atomic E-state index is 0.277. The number of hydrogen-bond donors (Lipinski definition) is 2. The molecule has 1 amide bonds. The van der Waals surface area contributed by atoms with Crippen molar-refractivity contribution >= 4 is 11.9 Å². The molecule has 2 unspecified atom stereocenters. The van der Waals surface area contributed by atoms with Crippen LogP contribution in [0.2, 0.25) is 0 Å². The fourth-order valence-corrected chi connectivity index (χ4v) is 2.96. The molecule has 25 heavy (non-hydrogen) atoms. The number of carbonyl (C=O) groups is 2. The van der Waals surface area contributed by atoms with E-state index in [9.17, 15) is 19.1 Å². The van der Waals surface area contributed by atoms with Crippen molar-refractivity contribution in [1.29, 1.82) is 0 Å². The van der Waals surface area contributed by atoms with Crippen molar-refractivity contribution in [3.05, 3.63) is 71.0 Å². The van der Waals surface area contributed by atoms with Gasteiger partial charge in [0.15, 0.2) is 11.6 Å². The van der Waals surface area contributed by atoms with Crippen molar-refractivity contribution < 1.29 is 23.8 Å². The third-order valence-corrected chi connectivity index (χ3v) is 4.45. The maximum Gasteiger partial charge on any atom is 0.333 e. The van der Waals surface area contributed by atoms with Crippen LogP contribution in [0, 0.1) is 5.82 Å². The normalized spacial score (nSPS) is 18.7. The molecule has 0 spiro atoms. The largest absolute Gasteiger partial charge is 0.479 e. The van der Waals surface area contributed by atoms with E-state index in [2.05, 4.69) is 5.32 Å². The van der Waals surface area contributed by atoms with E-state index in [1.165, 1.54) is 19.1 Å². The lowest BCUT2D eigenvalue weighted by atomic mass is 9.90. The van der Waals surface area contributed by atoms with Gasteiger partial charge in [-0.15, -0.1) is 0 Å². The molecule has 2 aromatic rings. The van der Waals surface area contributed by atoms with Gasteiger partial charge in [-0.25, -0.2) is 9.18 Å². The van der Waals surface area contributed by atoms with Crippen LogP contribution < -0.4 is 5.32 Å². The van der Waals surface area contributed by atoms with Crippen molar-refractivity contribution in [3.8, 4) is 0 Å². The van der Waals surface area contributed by atoms with Gasteiger partial charge in [0.25, 0.3) is 5.91 Å². The molecule has 0 aromatic heterocycles. The number of carbonyl (C=O) groups excluding carboxylic acids is 1. The second-order valence-electron chi connectivity index (χ2n) is 6.13. The number of nitrogens with one attached hydrogen (secondary N) is 1. The quantitative estimate of drug-likeness (QED) is 0.895. The Bertz CT molecular complexity index is 805. The summed E-state index contributed by atoms with van der Waals surface area (Å²) in [6.07, 6.45) is -0.169. The topological polar surface area (TPSA) is 75.6 Å². The van der Waals surface area contributed by atoms with Gasteiger partial charge in [-0.2, -0.15) is 0 Å². The molecule has 6 heteroatoms. The lowest BCUT2D eigenvalue weighted by molar-refractivity contribution is -0.150. The zero-order valence-electron chi connectivity index (χ0n) is 13.7. The molecule has 1 heterocycles. The third-order valence-electron chi connectivity index (χ3n) is 4.45. The summed E-state index contributed by atoms with van der Waals surface area (Å²) in [5, 5.41) is 12.2. The molecule has 0 bridgehead atoms. The van der Waals surface area contributed by atoms with Gasteiger partial charge in [-0.05, 0) is 42.2 Å². The molecule has 2 atom stereocenters. The van der Waals surface area contributed by atoms with Crippen LogP contribution in [-0.4, -0.2) is 23.6 Å². The van der Waals surface area contributed by atoms with Crippen molar-refractivity contribution in [2.24, 2.45) is 0 Å². The van der Waals surface area contributed by atoms with E-state index >= 15 is 0 Å². The molecule has 0 fully saturated rings. The van der Waals surface area contributed by atoms with Crippen LogP contribution in [0.4, 0.5) is 4.39 Å². The Morgan fingerprint density at radius 2 is 1.88 bits per heavy atom. The van der Waals surface area contributed by atoms with E-state index in [1.54, 1.807) is 6.07 Å². The molecule has 2 N–H and O–H groups in total. The Hall–Kier alpha value is -2.73. The van der Waals surface area contributed by atoms with Gasteiger partial charge in [0.05, 0.1) is 6.61 Å². The van der Waals surface area contributed by atoms with Gasteiger partial charge in [-0.3, -0.25) is 4.79 Å². The molecular weight excluding hydrogens is 325 g/mol. The van der Waals surface area contributed by atoms with E-state index in [0.717, 1.165) is 23.3 Å². The number of ether oxygens (including phenoxy) is 1. The fourth-order valence-electron chi connectivity index (χ4n) is 2.96. The number of carboxylic acids is 1. The molecule has 5 nitrogen and oxygen atoms in total. The van der Waals surface area contributed by atoms with Gasteiger partial charge >= 0.3 is 5.97 Å². The maximum absolute atomic E-state index is 13.1. The summed E-state index contributed by atoms with van der Waals surface area (Å²) in [7, 11) is 0. The summed E-state index contributed by atoms with van der Waals surface area (Å²) in [5.74, 6) is -2.26. The zero-order valence-corrected chi connectivity index (χ0v) is 13.7. The number of carboxylic acid groups (broad SMARTS) is 1. The summed E-state index contributed by atoms with van der Waals surface area (Å²) >= 11 is 0. The monoisotopic (exact) mass is 343 g/mol. The average molecular weight is 343 g/mol. The number of fused-ring (bicyclic) bond motifs is 1. The predicted octanol–water partition coefficient (Wildman–Crippen LogP) is 2.56. The van der Waals surface area contributed by atoms with Gasteiger partial charge in [-0.1, -0.05) is 36.4 Å². The molecule has 0 radical (unpaired) electrons. The summed E-state index contributed by atoms with van der Waals surface area (Å²) in [4.78, 5) is 24.6. The first-order valence-corrected chi connectivity index (χ1v) is 7.92. The average Bonchev–Trinajstić information content (AvgIpc) is 2.61. The standard InChI is InChI=1S/C19H18FNO4/c1-19(18(23)24,13-6-8-14(20)9-7-13)21-17(22)16-15-5-3-2-4-12(15)10-11-25-16/h2-9,16H,10-11H2,1H3,(H,21,22)(H,23,24). The molecule has 130 valence electrons. The second-order valence-corrected chi connectivity index (χ2v) is 6.13. The van der Waals surface area contributed by atoms with Crippen molar-refractivity contribution in [3.63, 3.8) is 0 Å². The maximum atomic E-state index is 13.1. The van der Waals surface area contributed by atoms with E-state index in [-0.39, 0.29) is 5.56 Å². The summed E-state index contributed by atoms with van der Waals surface area (Å²) in [6, 6.07) is 12.4. The van der Waals surface area contributed by atoms with Crippen LogP contribution in [0.1, 0.15) is 29.7 Å². The van der Waals surface area contributed by atoms with Gasteiger partial charge in [0.2, 0.25) is 0 Å². The molecule has 1 aliphatic heterocycles. The predicted molar refractivity (Wildman–Crippen MR) is 88.4 cm³/mol. The van der Waals surface area contributed by atoms with E-state index in [4.69, 9.17) is 4.74 Å². The highest BCUT2D eigenvalue weighted by molar-refractivity contribution is 5.90. The smallest absolute Gasteiger partial charge is 0.333 e. The molecular formula is C19H18FNO4. The zero-order chi connectivity index (χ0) is 18.0. The highest BCUT2D eigenvalue weighted by Crippen LogP contribution is 2.29. The Balaban J connectivity index is 1.90. The Morgan fingerprint density at radius 3 is 2.56 bits per heavy atom. The Morgan fingerprint density at radius 1 is 1.20 bits per heavy atom. The van der Waals surface area contributed by atoms with Crippen LogP contribution in [0.5, 0.6) is 0 Å². The number of benzene rings is 2. The first kappa shape index (κ1) is 17.1. The highest BCUT2D eigenvalue weighted by atomic mass is 19.1. The van der Waals surface area contributed by atoms with Crippen LogP contribution in [-0.2, 0) is 26.3 Å². The number of rotatable bonds is 4. The van der Waals surface area contributed by atoms with E-state index in [0.29, 0.717) is 13.0 Å². The minimum atomic E-state index is -1.69. The number of halogens is 1. The molecule has 0 aliphatic carbocycles. The molecule has 0 saturated heterocycles. The first-order chi connectivity index (χ1) is 11.9. The summed E-state index contributed by atoms with van der Waals surface area (Å²) in [6.45, 7) is 1.75. The molecule has 3 rings (SSSR count). The number of amides is 1. The minimum Gasteiger partial charge on any atom is -0.479 e. The van der Waals surface area contributed by atoms with E-state index in [1.807, 2.05) is 18.2 Å². The van der Waals surface area contributed by atoms with Gasteiger partial charge in [0.1, 0.15) is 5.82 Å². The SMILES string of the molecule is CC(NC(=O)C1OCCc2ccccc21)(C(=O)O)c1ccc(F)cc1. The van der Waals surface area contributed by atoms with Crippen LogP contribution in [0.15, 0.2) is 48.5 Å². The molecule has 0 saturated carbocycles. The number of aliphatic carboxylic acids is 1. The first-order valence-electron chi connectivity index (χ1n) is 7.92. The Labute approximate surface area is 144 Å².